The van der Waals surface area contributed by atoms with Gasteiger partial charge in [0.05, 0.1) is 0 Å². The summed E-state index contributed by atoms with van der Waals surface area (Å²) in [5.74, 6) is 2.00. The highest BCUT2D eigenvalue weighted by molar-refractivity contribution is 9.09. The van der Waals surface area contributed by atoms with Crippen LogP contribution in [0.1, 0.15) is 30.5 Å². The van der Waals surface area contributed by atoms with Crippen molar-refractivity contribution in [3.8, 4) is 0 Å². The van der Waals surface area contributed by atoms with E-state index in [1.807, 2.05) is 0 Å². The van der Waals surface area contributed by atoms with Gasteiger partial charge < -0.3 is 4.90 Å². The van der Waals surface area contributed by atoms with Crippen LogP contribution in [0, 0.1) is 5.92 Å². The minimum Gasteiger partial charge on any atom is -0.359 e. The Balaban J connectivity index is 1.67. The van der Waals surface area contributed by atoms with Crippen molar-refractivity contribution in [1.29, 1.82) is 0 Å². The van der Waals surface area contributed by atoms with E-state index in [9.17, 15) is 0 Å². The normalized spacial score (nSPS) is 26.5. The average Bonchev–Trinajstić information content (AvgIpc) is 2.73. The van der Waals surface area contributed by atoms with Gasteiger partial charge in [-0.2, -0.15) is 0 Å². The predicted octanol–water partition coefficient (Wildman–Crippen LogP) is 3.18. The molecule has 3 rings (SSSR count). The molecule has 2 aliphatic carbocycles. The molecule has 0 atom stereocenters. The lowest BCUT2D eigenvalue weighted by Gasteiger charge is -2.34. The molecular formula is C14H19BrN2. The molecule has 0 spiro atoms. The first kappa shape index (κ1) is 11.5. The number of aromatic nitrogens is 1. The Bertz CT molecular complexity index is 413. The summed E-state index contributed by atoms with van der Waals surface area (Å²) in [6, 6.07) is 4.46. The number of anilines is 1. The van der Waals surface area contributed by atoms with Gasteiger partial charge in [-0.15, -0.1) is 0 Å². The van der Waals surface area contributed by atoms with Crippen LogP contribution in [0.4, 0.5) is 5.82 Å². The molecule has 0 aromatic carbocycles. The van der Waals surface area contributed by atoms with E-state index in [0.717, 1.165) is 23.1 Å². The molecule has 1 heterocycles. The number of hydrogen-bond acceptors (Lipinski definition) is 2. The number of rotatable bonds is 3. The molecule has 0 bridgehead atoms. The second-order valence-corrected chi connectivity index (χ2v) is 6.74. The topological polar surface area (TPSA) is 16.1 Å². The summed E-state index contributed by atoms with van der Waals surface area (Å²) in [5.41, 5.74) is 2.80. The van der Waals surface area contributed by atoms with Gasteiger partial charge in [-0.3, -0.25) is 0 Å². The second-order valence-electron chi connectivity index (χ2n) is 5.44. The van der Waals surface area contributed by atoms with Gasteiger partial charge in [0.15, 0.2) is 0 Å². The van der Waals surface area contributed by atoms with E-state index in [1.54, 1.807) is 0 Å². The van der Waals surface area contributed by atoms with Crippen molar-refractivity contribution in [3.63, 3.8) is 0 Å². The first-order valence-corrected chi connectivity index (χ1v) is 7.48. The number of pyridine rings is 1. The lowest BCUT2D eigenvalue weighted by molar-refractivity contribution is 0.338. The third-order valence-electron chi connectivity index (χ3n) is 4.01. The van der Waals surface area contributed by atoms with E-state index >= 15 is 0 Å². The molecule has 2 nitrogen and oxygen atoms in total. The maximum absolute atomic E-state index is 4.80. The average molecular weight is 295 g/mol. The molecule has 0 N–H and O–H groups in total. The summed E-state index contributed by atoms with van der Waals surface area (Å²) in [6.07, 6.45) is 6.30. The summed E-state index contributed by atoms with van der Waals surface area (Å²) in [6.45, 7) is 1.15. The molecule has 0 aliphatic heterocycles. The minimum absolute atomic E-state index is 0.758. The van der Waals surface area contributed by atoms with Gasteiger partial charge in [0.1, 0.15) is 5.82 Å². The molecule has 17 heavy (non-hydrogen) atoms. The molecular weight excluding hydrogens is 276 g/mol. The van der Waals surface area contributed by atoms with E-state index in [4.69, 9.17) is 4.98 Å². The van der Waals surface area contributed by atoms with Crippen LogP contribution in [0.3, 0.4) is 0 Å². The largest absolute Gasteiger partial charge is 0.359 e. The van der Waals surface area contributed by atoms with E-state index in [0.29, 0.717) is 0 Å². The summed E-state index contributed by atoms with van der Waals surface area (Å²) >= 11 is 3.65. The highest BCUT2D eigenvalue weighted by atomic mass is 79.9. The first-order valence-electron chi connectivity index (χ1n) is 6.56. The fourth-order valence-electron chi connectivity index (χ4n) is 2.91. The Morgan fingerprint density at radius 1 is 1.35 bits per heavy atom. The van der Waals surface area contributed by atoms with Crippen LogP contribution in [0.5, 0.6) is 0 Å². The molecule has 3 heteroatoms. The fourth-order valence-corrected chi connectivity index (χ4v) is 3.96. The Morgan fingerprint density at radius 2 is 2.18 bits per heavy atom. The highest BCUT2D eigenvalue weighted by Crippen LogP contribution is 2.34. The second kappa shape index (κ2) is 4.60. The van der Waals surface area contributed by atoms with Crippen molar-refractivity contribution in [1.82, 2.24) is 4.98 Å². The summed E-state index contributed by atoms with van der Waals surface area (Å²) in [7, 11) is 2.17. The zero-order valence-corrected chi connectivity index (χ0v) is 11.9. The van der Waals surface area contributed by atoms with Gasteiger partial charge in [-0.1, -0.05) is 22.0 Å². The van der Waals surface area contributed by atoms with Crippen molar-refractivity contribution < 1.29 is 0 Å². The summed E-state index contributed by atoms with van der Waals surface area (Å²) in [5, 5.41) is 0. The van der Waals surface area contributed by atoms with Gasteiger partial charge in [-0.25, -0.2) is 4.98 Å². The number of alkyl halides is 1. The zero-order valence-electron chi connectivity index (χ0n) is 10.3. The van der Waals surface area contributed by atoms with Crippen molar-refractivity contribution in [2.75, 3.05) is 18.5 Å². The molecule has 92 valence electrons. The van der Waals surface area contributed by atoms with Crippen LogP contribution in [0.15, 0.2) is 12.1 Å². The molecule has 0 unspecified atom stereocenters. The van der Waals surface area contributed by atoms with Crippen LogP contribution < -0.4 is 4.90 Å². The molecule has 2 aliphatic rings. The molecule has 1 saturated carbocycles. The lowest BCUT2D eigenvalue weighted by atomic mass is 9.85. The van der Waals surface area contributed by atoms with Gasteiger partial charge >= 0.3 is 0 Å². The van der Waals surface area contributed by atoms with E-state index in [2.05, 4.69) is 40.0 Å². The Hall–Kier alpha value is -0.570. The van der Waals surface area contributed by atoms with Crippen LogP contribution in [0.2, 0.25) is 0 Å². The van der Waals surface area contributed by atoms with Crippen LogP contribution in [-0.4, -0.2) is 23.4 Å². The SMILES string of the molecule is CN(CC1CC(Br)C1)c1ccc2c(n1)CCC2. The van der Waals surface area contributed by atoms with E-state index in [-0.39, 0.29) is 0 Å². The first-order chi connectivity index (χ1) is 8.22. The Morgan fingerprint density at radius 3 is 2.94 bits per heavy atom. The van der Waals surface area contributed by atoms with Crippen molar-refractivity contribution >= 4 is 21.7 Å². The third-order valence-corrected chi connectivity index (χ3v) is 4.76. The van der Waals surface area contributed by atoms with Gasteiger partial charge in [-0.05, 0) is 49.7 Å². The van der Waals surface area contributed by atoms with Crippen LogP contribution >= 0.6 is 15.9 Å². The maximum atomic E-state index is 4.80. The standard InChI is InChI=1S/C14H19BrN2/c1-17(9-10-7-12(15)8-10)14-6-5-11-3-2-4-13(11)16-14/h5-6,10,12H,2-4,7-9H2,1H3. The molecule has 0 saturated heterocycles. The summed E-state index contributed by atoms with van der Waals surface area (Å²) in [4.78, 5) is 7.88. The van der Waals surface area contributed by atoms with Crippen molar-refractivity contribution in [2.45, 2.75) is 36.9 Å². The minimum atomic E-state index is 0.758. The number of halogens is 1. The number of nitrogens with zero attached hydrogens (tertiary/aromatic N) is 2. The van der Waals surface area contributed by atoms with E-state index < -0.39 is 0 Å². The highest BCUT2D eigenvalue weighted by Gasteiger charge is 2.28. The molecule has 0 amide bonds. The number of hydrogen-bond donors (Lipinski definition) is 0. The number of fused-ring (bicyclic) bond motifs is 1. The molecule has 1 fully saturated rings. The molecule has 1 aromatic rings. The Labute approximate surface area is 112 Å². The lowest BCUT2D eigenvalue weighted by Crippen LogP contribution is -2.35. The van der Waals surface area contributed by atoms with Gasteiger partial charge in [0.2, 0.25) is 0 Å². The number of aryl methyl sites for hydroxylation is 2. The van der Waals surface area contributed by atoms with E-state index in [1.165, 1.54) is 43.4 Å². The quantitative estimate of drug-likeness (QED) is 0.796. The smallest absolute Gasteiger partial charge is 0.128 e. The molecule has 0 radical (unpaired) electrons. The van der Waals surface area contributed by atoms with Crippen LogP contribution in [0.25, 0.3) is 0 Å². The van der Waals surface area contributed by atoms with Crippen molar-refractivity contribution in [2.24, 2.45) is 5.92 Å². The van der Waals surface area contributed by atoms with Crippen LogP contribution in [-0.2, 0) is 12.8 Å². The third kappa shape index (κ3) is 2.35. The predicted molar refractivity (Wildman–Crippen MR) is 75.0 cm³/mol. The van der Waals surface area contributed by atoms with Gasteiger partial charge in [0.25, 0.3) is 0 Å². The summed E-state index contributed by atoms with van der Waals surface area (Å²) < 4.78 is 0. The maximum Gasteiger partial charge on any atom is 0.128 e. The van der Waals surface area contributed by atoms with Gasteiger partial charge in [0, 0.05) is 24.1 Å². The zero-order chi connectivity index (χ0) is 11.8. The Kier molecular flexibility index (Phi) is 3.12. The molecule has 1 aromatic heterocycles. The van der Waals surface area contributed by atoms with Crippen molar-refractivity contribution in [3.05, 3.63) is 23.4 Å². The monoisotopic (exact) mass is 294 g/mol. The fraction of sp³-hybridized carbons (Fsp3) is 0.643.